The van der Waals surface area contributed by atoms with E-state index in [0.29, 0.717) is 28.7 Å². The molecular weight excluding hydrogens is 366 g/mol. The van der Waals surface area contributed by atoms with Crippen LogP contribution < -0.4 is 10.6 Å². The number of nitrogens with one attached hydrogen (secondary N) is 2. The molecule has 2 rings (SSSR count). The lowest BCUT2D eigenvalue weighted by Crippen LogP contribution is -2.37. The fourth-order valence-electron chi connectivity index (χ4n) is 3.07. The topological polar surface area (TPSA) is 120 Å². The summed E-state index contributed by atoms with van der Waals surface area (Å²) in [4.78, 5) is 21.3. The number of rotatable bonds is 5. The monoisotopic (exact) mass is 393 g/mol. The second-order valence-electron chi connectivity index (χ2n) is 7.44. The number of hydrogen-bond donors (Lipinski definition) is 3. The fraction of sp³-hybridized carbons (Fsp3) is 0.667. The SMILES string of the molecule is CSc1nc(CO)c(NC(=O)OC(C)(C)C)c(C2CCN[C@H](CC#N)C2)n1. The summed E-state index contributed by atoms with van der Waals surface area (Å²) in [5, 5.41) is 25.4. The third kappa shape index (κ3) is 6.06. The number of aliphatic hydroxyl groups excluding tert-OH is 1. The highest BCUT2D eigenvalue weighted by molar-refractivity contribution is 7.98. The largest absolute Gasteiger partial charge is 0.444 e. The normalized spacial score (nSPS) is 20.0. The average molecular weight is 394 g/mol. The van der Waals surface area contributed by atoms with Crippen molar-refractivity contribution in [1.29, 1.82) is 5.26 Å². The summed E-state index contributed by atoms with van der Waals surface area (Å²) in [6.45, 7) is 5.80. The number of aliphatic hydroxyl groups is 1. The number of carbonyl (C=O) groups is 1. The Bertz CT molecular complexity index is 714. The Morgan fingerprint density at radius 1 is 1.48 bits per heavy atom. The molecule has 3 N–H and O–H groups in total. The molecular formula is C18H27N5O3S. The Labute approximate surface area is 164 Å². The highest BCUT2D eigenvalue weighted by atomic mass is 32.2. The molecule has 1 amide bonds. The highest BCUT2D eigenvalue weighted by Crippen LogP contribution is 2.35. The molecule has 148 valence electrons. The maximum atomic E-state index is 12.3. The number of hydrogen-bond acceptors (Lipinski definition) is 8. The van der Waals surface area contributed by atoms with E-state index in [-0.39, 0.29) is 18.6 Å². The Morgan fingerprint density at radius 3 is 2.81 bits per heavy atom. The van der Waals surface area contributed by atoms with Crippen LogP contribution in [0, 0.1) is 11.3 Å². The van der Waals surface area contributed by atoms with Crippen molar-refractivity contribution in [2.45, 2.75) is 69.4 Å². The molecule has 27 heavy (non-hydrogen) atoms. The predicted molar refractivity (Wildman–Crippen MR) is 104 cm³/mol. The van der Waals surface area contributed by atoms with Gasteiger partial charge in [0.2, 0.25) is 0 Å². The van der Waals surface area contributed by atoms with Crippen LogP contribution in [0.1, 0.15) is 57.3 Å². The number of aromatic nitrogens is 2. The third-order valence-corrected chi connectivity index (χ3v) is 4.72. The molecule has 0 saturated carbocycles. The van der Waals surface area contributed by atoms with E-state index in [1.54, 1.807) is 20.8 Å². The van der Waals surface area contributed by atoms with Crippen LogP contribution in [0.3, 0.4) is 0 Å². The lowest BCUT2D eigenvalue weighted by atomic mass is 9.87. The lowest BCUT2D eigenvalue weighted by molar-refractivity contribution is 0.0635. The molecule has 0 radical (unpaired) electrons. The first-order valence-electron chi connectivity index (χ1n) is 8.93. The summed E-state index contributed by atoms with van der Waals surface area (Å²) in [7, 11) is 0. The molecule has 1 aromatic heterocycles. The molecule has 0 bridgehead atoms. The standard InChI is InChI=1S/C18H27N5O3S/c1-18(2,3)26-17(25)23-15-13(10-24)21-16(27-4)22-14(15)11-6-8-20-12(9-11)5-7-19/h11-12,20,24H,5-6,8-10H2,1-4H3,(H,23,25)/t11?,12-/m1/s1. The summed E-state index contributed by atoms with van der Waals surface area (Å²) in [5.74, 6) is 0.0498. The van der Waals surface area contributed by atoms with Crippen molar-refractivity contribution in [1.82, 2.24) is 15.3 Å². The van der Waals surface area contributed by atoms with Crippen molar-refractivity contribution >= 4 is 23.5 Å². The van der Waals surface area contributed by atoms with Gasteiger partial charge in [0.1, 0.15) is 5.60 Å². The average Bonchev–Trinajstić information content (AvgIpc) is 2.60. The maximum absolute atomic E-state index is 12.3. The van der Waals surface area contributed by atoms with E-state index in [9.17, 15) is 9.90 Å². The summed E-state index contributed by atoms with van der Waals surface area (Å²) in [6.07, 6.45) is 3.22. The Morgan fingerprint density at radius 2 is 2.22 bits per heavy atom. The smallest absolute Gasteiger partial charge is 0.412 e. The van der Waals surface area contributed by atoms with Crippen molar-refractivity contribution < 1.29 is 14.6 Å². The predicted octanol–water partition coefficient (Wildman–Crippen LogP) is 2.79. The summed E-state index contributed by atoms with van der Waals surface area (Å²) in [6, 6.07) is 2.28. The van der Waals surface area contributed by atoms with Crippen molar-refractivity contribution in [3.63, 3.8) is 0 Å². The Kier molecular flexibility index (Phi) is 7.41. The minimum Gasteiger partial charge on any atom is -0.444 e. The van der Waals surface area contributed by atoms with Crippen LogP contribution in [0.25, 0.3) is 0 Å². The van der Waals surface area contributed by atoms with Gasteiger partial charge in [-0.25, -0.2) is 14.8 Å². The summed E-state index contributed by atoms with van der Waals surface area (Å²) in [5.41, 5.74) is 0.822. The number of anilines is 1. The van der Waals surface area contributed by atoms with E-state index in [1.165, 1.54) is 11.8 Å². The molecule has 1 saturated heterocycles. The first-order valence-corrected chi connectivity index (χ1v) is 10.2. The van der Waals surface area contributed by atoms with Crippen molar-refractivity contribution in [3.05, 3.63) is 11.4 Å². The van der Waals surface area contributed by atoms with Gasteiger partial charge in [-0.15, -0.1) is 0 Å². The molecule has 0 aromatic carbocycles. The molecule has 2 heterocycles. The minimum atomic E-state index is -0.643. The number of carbonyl (C=O) groups excluding carboxylic acids is 1. The highest BCUT2D eigenvalue weighted by Gasteiger charge is 2.29. The molecule has 8 nitrogen and oxygen atoms in total. The number of piperidine rings is 1. The van der Waals surface area contributed by atoms with E-state index >= 15 is 0 Å². The number of amides is 1. The quantitative estimate of drug-likeness (QED) is 0.516. The van der Waals surface area contributed by atoms with Gasteiger partial charge in [-0.3, -0.25) is 5.32 Å². The number of nitriles is 1. The minimum absolute atomic E-state index is 0.0498. The van der Waals surface area contributed by atoms with Crippen LogP contribution in [0.2, 0.25) is 0 Å². The first kappa shape index (κ1) is 21.4. The molecule has 1 aliphatic heterocycles. The Balaban J connectivity index is 2.38. The molecule has 1 unspecified atom stereocenters. The summed E-state index contributed by atoms with van der Waals surface area (Å²) < 4.78 is 5.35. The third-order valence-electron chi connectivity index (χ3n) is 4.17. The van der Waals surface area contributed by atoms with Gasteiger partial charge in [0.25, 0.3) is 0 Å². The van der Waals surface area contributed by atoms with Crippen molar-refractivity contribution in [2.75, 3.05) is 18.1 Å². The zero-order valence-electron chi connectivity index (χ0n) is 16.2. The second-order valence-corrected chi connectivity index (χ2v) is 8.21. The number of nitrogens with zero attached hydrogens (tertiary/aromatic N) is 3. The summed E-state index contributed by atoms with van der Waals surface area (Å²) >= 11 is 1.38. The maximum Gasteiger partial charge on any atom is 0.412 e. The fourth-order valence-corrected chi connectivity index (χ4v) is 3.46. The van der Waals surface area contributed by atoms with Crippen LogP contribution in [0.4, 0.5) is 10.5 Å². The zero-order chi connectivity index (χ0) is 20.0. The van der Waals surface area contributed by atoms with Crippen LogP contribution in [0.15, 0.2) is 5.16 Å². The number of ether oxygens (including phenoxy) is 1. The molecule has 1 aromatic rings. The van der Waals surface area contributed by atoms with E-state index in [0.717, 1.165) is 19.4 Å². The van der Waals surface area contributed by atoms with Gasteiger partial charge in [-0.1, -0.05) is 11.8 Å². The van der Waals surface area contributed by atoms with E-state index in [2.05, 4.69) is 26.7 Å². The Hall–Kier alpha value is -1.89. The van der Waals surface area contributed by atoms with Crippen molar-refractivity contribution in [2.24, 2.45) is 0 Å². The van der Waals surface area contributed by atoms with Gasteiger partial charge in [0, 0.05) is 12.0 Å². The van der Waals surface area contributed by atoms with E-state index in [1.807, 2.05) is 6.26 Å². The van der Waals surface area contributed by atoms with Crippen LogP contribution in [0.5, 0.6) is 0 Å². The molecule has 2 atom stereocenters. The molecule has 1 aliphatic rings. The lowest BCUT2D eigenvalue weighted by Gasteiger charge is -2.30. The molecule has 1 fully saturated rings. The zero-order valence-corrected chi connectivity index (χ0v) is 17.0. The van der Waals surface area contributed by atoms with Crippen molar-refractivity contribution in [3.8, 4) is 6.07 Å². The van der Waals surface area contributed by atoms with Gasteiger partial charge in [-0.2, -0.15) is 5.26 Å². The van der Waals surface area contributed by atoms with Crippen LogP contribution in [-0.4, -0.2) is 45.6 Å². The molecule has 9 heteroatoms. The molecule has 0 aliphatic carbocycles. The van der Waals surface area contributed by atoms with Gasteiger partial charge < -0.3 is 15.2 Å². The van der Waals surface area contributed by atoms with E-state index in [4.69, 9.17) is 10.00 Å². The first-order chi connectivity index (χ1) is 12.8. The second kappa shape index (κ2) is 9.35. The van der Waals surface area contributed by atoms with Gasteiger partial charge >= 0.3 is 6.09 Å². The number of thioether (sulfide) groups is 1. The van der Waals surface area contributed by atoms with Crippen LogP contribution >= 0.6 is 11.8 Å². The molecule has 0 spiro atoms. The van der Waals surface area contributed by atoms with Gasteiger partial charge in [0.05, 0.1) is 36.2 Å². The van der Waals surface area contributed by atoms with Gasteiger partial charge in [-0.05, 0) is 46.4 Å². The van der Waals surface area contributed by atoms with Crippen LogP contribution in [-0.2, 0) is 11.3 Å². The van der Waals surface area contributed by atoms with Gasteiger partial charge in [0.15, 0.2) is 5.16 Å². The van der Waals surface area contributed by atoms with E-state index < -0.39 is 11.7 Å².